The van der Waals surface area contributed by atoms with E-state index in [1.54, 1.807) is 0 Å². The fraction of sp³-hybridized carbons (Fsp3) is 0. The molecule has 19 heavy (non-hydrogen) atoms. The van der Waals surface area contributed by atoms with Gasteiger partial charge in [0.15, 0.2) is 6.29 Å². The Bertz CT molecular complexity index is 684. The predicted molar refractivity (Wildman–Crippen MR) is 64.6 cm³/mol. The van der Waals surface area contributed by atoms with Crippen molar-refractivity contribution in [1.82, 2.24) is 9.97 Å². The topological polar surface area (TPSA) is 89.0 Å². The van der Waals surface area contributed by atoms with Crippen LogP contribution in [0.3, 0.4) is 0 Å². The predicted octanol–water partition coefficient (Wildman–Crippen LogP) is 1.23. The lowest BCUT2D eigenvalue weighted by molar-refractivity contribution is 0.112. The Labute approximate surface area is 108 Å². The zero-order chi connectivity index (χ0) is 13.9. The summed E-state index contributed by atoms with van der Waals surface area (Å²) in [5.41, 5.74) is 0.227. The standard InChI is InChI=1S/C11H8FN3O3S/c12-9-1-3-10(4-2-9)19(17,18)15-11-13-5-8(7-16)6-14-11/h1-7H,(H,13,14,15). The maximum absolute atomic E-state index is 12.7. The maximum atomic E-state index is 12.7. The van der Waals surface area contributed by atoms with Crippen molar-refractivity contribution in [1.29, 1.82) is 0 Å². The molecule has 6 nitrogen and oxygen atoms in total. The van der Waals surface area contributed by atoms with Gasteiger partial charge in [-0.3, -0.25) is 4.79 Å². The quantitative estimate of drug-likeness (QED) is 0.851. The first-order valence-electron chi connectivity index (χ1n) is 5.07. The van der Waals surface area contributed by atoms with Crippen LogP contribution in [-0.4, -0.2) is 24.7 Å². The van der Waals surface area contributed by atoms with Gasteiger partial charge in [-0.2, -0.15) is 0 Å². The van der Waals surface area contributed by atoms with Crippen LogP contribution in [0, 0.1) is 5.82 Å². The summed E-state index contributed by atoms with van der Waals surface area (Å²) in [6.45, 7) is 0. The van der Waals surface area contributed by atoms with Crippen LogP contribution in [-0.2, 0) is 10.0 Å². The molecule has 0 bridgehead atoms. The van der Waals surface area contributed by atoms with Crippen molar-refractivity contribution in [2.75, 3.05) is 4.72 Å². The molecule has 2 rings (SSSR count). The molecule has 0 spiro atoms. The number of carbonyl (C=O) groups excluding carboxylic acids is 1. The number of halogens is 1. The number of hydrogen-bond donors (Lipinski definition) is 1. The summed E-state index contributed by atoms with van der Waals surface area (Å²) in [4.78, 5) is 17.6. The summed E-state index contributed by atoms with van der Waals surface area (Å²) in [6, 6.07) is 4.31. The SMILES string of the molecule is O=Cc1cnc(NS(=O)(=O)c2ccc(F)cc2)nc1. The van der Waals surface area contributed by atoms with E-state index in [-0.39, 0.29) is 16.4 Å². The number of aromatic nitrogens is 2. The second-order valence-corrected chi connectivity index (χ2v) is 5.20. The highest BCUT2D eigenvalue weighted by molar-refractivity contribution is 7.92. The molecule has 0 atom stereocenters. The Morgan fingerprint density at radius 2 is 1.68 bits per heavy atom. The molecule has 0 aliphatic carbocycles. The zero-order valence-electron chi connectivity index (χ0n) is 9.45. The van der Waals surface area contributed by atoms with E-state index < -0.39 is 15.8 Å². The van der Waals surface area contributed by atoms with Crippen LogP contribution >= 0.6 is 0 Å². The largest absolute Gasteiger partial charge is 0.298 e. The molecule has 0 fully saturated rings. The van der Waals surface area contributed by atoms with Gasteiger partial charge in [-0.05, 0) is 24.3 Å². The molecule has 0 aliphatic rings. The van der Waals surface area contributed by atoms with Crippen molar-refractivity contribution in [3.63, 3.8) is 0 Å². The van der Waals surface area contributed by atoms with Crippen molar-refractivity contribution in [3.05, 3.63) is 48.0 Å². The summed E-state index contributed by atoms with van der Waals surface area (Å²) in [5.74, 6) is -0.708. The average Bonchev–Trinajstić information content (AvgIpc) is 2.40. The lowest BCUT2D eigenvalue weighted by atomic mass is 10.4. The third kappa shape index (κ3) is 3.10. The number of benzene rings is 1. The molecule has 1 aromatic carbocycles. The van der Waals surface area contributed by atoms with Crippen LogP contribution in [0.4, 0.5) is 10.3 Å². The van der Waals surface area contributed by atoms with E-state index in [9.17, 15) is 17.6 Å². The van der Waals surface area contributed by atoms with Crippen LogP contribution < -0.4 is 4.72 Å². The van der Waals surface area contributed by atoms with Crippen LogP contribution in [0.2, 0.25) is 0 Å². The highest BCUT2D eigenvalue weighted by Gasteiger charge is 2.15. The molecular formula is C11H8FN3O3S. The second-order valence-electron chi connectivity index (χ2n) is 3.52. The Balaban J connectivity index is 2.25. The minimum Gasteiger partial charge on any atom is -0.298 e. The van der Waals surface area contributed by atoms with Gasteiger partial charge in [0.05, 0.1) is 10.5 Å². The number of carbonyl (C=O) groups is 1. The Morgan fingerprint density at radius 1 is 1.11 bits per heavy atom. The number of aldehydes is 1. The maximum Gasteiger partial charge on any atom is 0.264 e. The lowest BCUT2D eigenvalue weighted by Crippen LogP contribution is -2.15. The Hall–Kier alpha value is -2.35. The van der Waals surface area contributed by atoms with Crippen LogP contribution in [0.25, 0.3) is 0 Å². The molecule has 1 aromatic heterocycles. The first kappa shape index (κ1) is 13.1. The van der Waals surface area contributed by atoms with Gasteiger partial charge >= 0.3 is 0 Å². The summed E-state index contributed by atoms with van der Waals surface area (Å²) >= 11 is 0. The third-order valence-electron chi connectivity index (χ3n) is 2.16. The monoisotopic (exact) mass is 281 g/mol. The molecule has 0 radical (unpaired) electrons. The molecule has 0 saturated heterocycles. The summed E-state index contributed by atoms with van der Waals surface area (Å²) in [5, 5.41) is 0. The number of sulfonamides is 1. The number of hydrogen-bond acceptors (Lipinski definition) is 5. The second kappa shape index (κ2) is 5.11. The lowest BCUT2D eigenvalue weighted by Gasteiger charge is -2.06. The van der Waals surface area contributed by atoms with Crippen molar-refractivity contribution < 1.29 is 17.6 Å². The van der Waals surface area contributed by atoms with Gasteiger partial charge in [0.1, 0.15) is 5.82 Å². The number of nitrogens with one attached hydrogen (secondary N) is 1. The van der Waals surface area contributed by atoms with Crippen LogP contribution in [0.1, 0.15) is 10.4 Å². The molecule has 8 heteroatoms. The molecule has 1 N–H and O–H groups in total. The molecular weight excluding hydrogens is 273 g/mol. The van der Waals surface area contributed by atoms with E-state index >= 15 is 0 Å². The van der Waals surface area contributed by atoms with Crippen molar-refractivity contribution in [2.45, 2.75) is 4.90 Å². The molecule has 2 aromatic rings. The number of rotatable bonds is 4. The van der Waals surface area contributed by atoms with Crippen LogP contribution in [0.15, 0.2) is 41.6 Å². The van der Waals surface area contributed by atoms with Crippen molar-refractivity contribution in [3.8, 4) is 0 Å². The normalized spacial score (nSPS) is 11.0. The van der Waals surface area contributed by atoms with E-state index in [0.717, 1.165) is 24.3 Å². The van der Waals surface area contributed by atoms with E-state index in [2.05, 4.69) is 14.7 Å². The molecule has 0 unspecified atom stereocenters. The third-order valence-corrected chi connectivity index (χ3v) is 3.50. The Morgan fingerprint density at radius 3 is 2.21 bits per heavy atom. The van der Waals surface area contributed by atoms with Crippen molar-refractivity contribution >= 4 is 22.3 Å². The zero-order valence-corrected chi connectivity index (χ0v) is 10.3. The molecule has 1 heterocycles. The first-order chi connectivity index (χ1) is 9.01. The Kier molecular flexibility index (Phi) is 3.52. The molecule has 0 saturated carbocycles. The summed E-state index contributed by atoms with van der Waals surface area (Å²) in [6.07, 6.45) is 2.91. The molecule has 0 aliphatic heterocycles. The summed E-state index contributed by atoms with van der Waals surface area (Å²) < 4.78 is 38.6. The fourth-order valence-electron chi connectivity index (χ4n) is 1.24. The highest BCUT2D eigenvalue weighted by Crippen LogP contribution is 2.13. The fourth-order valence-corrected chi connectivity index (χ4v) is 2.20. The van der Waals surface area contributed by atoms with Gasteiger partial charge in [-0.1, -0.05) is 0 Å². The smallest absolute Gasteiger partial charge is 0.264 e. The molecule has 0 amide bonds. The number of nitrogens with zero attached hydrogens (tertiary/aromatic N) is 2. The van der Waals surface area contributed by atoms with Gasteiger partial charge in [0.25, 0.3) is 10.0 Å². The van der Waals surface area contributed by atoms with E-state index in [4.69, 9.17) is 0 Å². The van der Waals surface area contributed by atoms with Crippen LogP contribution in [0.5, 0.6) is 0 Å². The average molecular weight is 281 g/mol. The van der Waals surface area contributed by atoms with Gasteiger partial charge in [-0.15, -0.1) is 0 Å². The first-order valence-corrected chi connectivity index (χ1v) is 6.55. The van der Waals surface area contributed by atoms with Gasteiger partial charge in [-0.25, -0.2) is 27.5 Å². The minimum atomic E-state index is -3.88. The summed E-state index contributed by atoms with van der Waals surface area (Å²) in [7, 11) is -3.88. The number of anilines is 1. The molecule has 98 valence electrons. The van der Waals surface area contributed by atoms with E-state index in [0.29, 0.717) is 6.29 Å². The highest BCUT2D eigenvalue weighted by atomic mass is 32.2. The van der Waals surface area contributed by atoms with Gasteiger partial charge in [0.2, 0.25) is 5.95 Å². The van der Waals surface area contributed by atoms with E-state index in [1.807, 2.05) is 0 Å². The minimum absolute atomic E-state index is 0.114. The van der Waals surface area contributed by atoms with Crippen molar-refractivity contribution in [2.24, 2.45) is 0 Å². The van der Waals surface area contributed by atoms with Gasteiger partial charge in [0, 0.05) is 12.4 Å². The van der Waals surface area contributed by atoms with Gasteiger partial charge < -0.3 is 0 Å². The van der Waals surface area contributed by atoms with E-state index in [1.165, 1.54) is 12.4 Å².